The molecule has 6 nitrogen and oxygen atoms in total. The molecule has 1 N–H and O–H groups in total. The molecular formula is C24H17Cl2N5OS. The average molecular weight is 494 g/mol. The standard InChI is InChI=1S/C24H17Cl2N5OS/c1-13-11-15(14(2)30(13)17-9-7-16(25)8-10-17)12-19-21(27)31-24(28-22(19)32)33-23(29-31)18-5-3-4-6-20(18)26/h3-12,27H,1-2H3/b19-12+,27-21?. The first-order chi connectivity index (χ1) is 15.8. The maximum absolute atomic E-state index is 12.8. The molecule has 0 atom stereocenters. The van der Waals surface area contributed by atoms with Gasteiger partial charge in [-0.3, -0.25) is 10.2 Å². The molecule has 0 saturated heterocycles. The lowest BCUT2D eigenvalue weighted by molar-refractivity contribution is -0.114. The summed E-state index contributed by atoms with van der Waals surface area (Å²) >= 11 is 13.6. The van der Waals surface area contributed by atoms with Crippen LogP contribution in [-0.2, 0) is 4.79 Å². The van der Waals surface area contributed by atoms with Crippen molar-refractivity contribution >= 4 is 63.0 Å². The summed E-state index contributed by atoms with van der Waals surface area (Å²) in [5.74, 6) is -0.485. The van der Waals surface area contributed by atoms with Gasteiger partial charge in [-0.2, -0.15) is 15.1 Å². The number of aromatic nitrogens is 1. The van der Waals surface area contributed by atoms with Gasteiger partial charge in [-0.1, -0.05) is 41.4 Å². The number of hydrogen-bond acceptors (Lipinski definition) is 4. The van der Waals surface area contributed by atoms with Gasteiger partial charge in [-0.25, -0.2) is 0 Å². The predicted octanol–water partition coefficient (Wildman–Crippen LogP) is 6.07. The Labute approximate surface area is 204 Å². The SMILES string of the molecule is Cc1cc(/C=C2\C(=N)N3N=C(c4ccccc4Cl)SC3=NC2=O)c(C)n1-c1ccc(Cl)cc1. The van der Waals surface area contributed by atoms with Crippen molar-refractivity contribution in [3.63, 3.8) is 0 Å². The minimum atomic E-state index is -0.467. The molecule has 3 aromatic rings. The van der Waals surface area contributed by atoms with Crippen LogP contribution in [0.5, 0.6) is 0 Å². The van der Waals surface area contributed by atoms with E-state index in [1.54, 1.807) is 12.1 Å². The van der Waals surface area contributed by atoms with Crippen molar-refractivity contribution in [2.75, 3.05) is 0 Å². The minimum Gasteiger partial charge on any atom is -0.318 e. The average Bonchev–Trinajstić information content (AvgIpc) is 3.33. The Morgan fingerprint density at radius 2 is 1.79 bits per heavy atom. The number of rotatable bonds is 3. The smallest absolute Gasteiger partial charge is 0.283 e. The number of amidine groups is 2. The highest BCUT2D eigenvalue weighted by Gasteiger charge is 2.36. The van der Waals surface area contributed by atoms with Crippen LogP contribution in [-0.4, -0.2) is 31.5 Å². The van der Waals surface area contributed by atoms with Crippen molar-refractivity contribution in [2.24, 2.45) is 10.1 Å². The summed E-state index contributed by atoms with van der Waals surface area (Å²) in [4.78, 5) is 17.0. The summed E-state index contributed by atoms with van der Waals surface area (Å²) in [5.41, 5.74) is 4.65. The van der Waals surface area contributed by atoms with Gasteiger partial charge in [0.25, 0.3) is 5.91 Å². The van der Waals surface area contributed by atoms with Crippen molar-refractivity contribution in [3.05, 3.63) is 92.7 Å². The number of aryl methyl sites for hydroxylation is 1. The number of hydrogen-bond donors (Lipinski definition) is 1. The normalized spacial score (nSPS) is 16.8. The topological polar surface area (TPSA) is 73.8 Å². The number of aliphatic imine (C=N–C) groups is 1. The molecule has 1 amide bonds. The lowest BCUT2D eigenvalue weighted by Gasteiger charge is -2.20. The molecular weight excluding hydrogens is 477 g/mol. The van der Waals surface area contributed by atoms with E-state index in [-0.39, 0.29) is 11.4 Å². The highest BCUT2D eigenvalue weighted by molar-refractivity contribution is 8.27. The minimum absolute atomic E-state index is 0.0177. The van der Waals surface area contributed by atoms with E-state index in [0.717, 1.165) is 28.2 Å². The number of carbonyl (C=O) groups is 1. The predicted molar refractivity (Wildman–Crippen MR) is 136 cm³/mol. The Bertz CT molecular complexity index is 1420. The Morgan fingerprint density at radius 3 is 2.52 bits per heavy atom. The summed E-state index contributed by atoms with van der Waals surface area (Å²) in [5, 5.41) is 16.7. The third-order valence-electron chi connectivity index (χ3n) is 5.41. The monoisotopic (exact) mass is 493 g/mol. The molecule has 0 saturated carbocycles. The van der Waals surface area contributed by atoms with Gasteiger partial charge in [-0.05, 0) is 73.6 Å². The van der Waals surface area contributed by atoms with E-state index < -0.39 is 5.91 Å². The molecule has 164 valence electrons. The number of carbonyl (C=O) groups excluding carboxylic acids is 1. The largest absolute Gasteiger partial charge is 0.318 e. The first-order valence-electron chi connectivity index (χ1n) is 10.0. The van der Waals surface area contributed by atoms with E-state index in [1.165, 1.54) is 16.8 Å². The fourth-order valence-corrected chi connectivity index (χ4v) is 5.15. The van der Waals surface area contributed by atoms with Crippen molar-refractivity contribution in [1.82, 2.24) is 9.58 Å². The van der Waals surface area contributed by atoms with Crippen LogP contribution in [0.15, 0.2) is 70.3 Å². The summed E-state index contributed by atoms with van der Waals surface area (Å²) in [7, 11) is 0. The number of benzene rings is 2. The van der Waals surface area contributed by atoms with Gasteiger partial charge in [0.1, 0.15) is 5.04 Å². The quantitative estimate of drug-likeness (QED) is 0.450. The van der Waals surface area contributed by atoms with Crippen LogP contribution in [0.3, 0.4) is 0 Å². The van der Waals surface area contributed by atoms with Crippen LogP contribution in [0.1, 0.15) is 22.5 Å². The Balaban J connectivity index is 1.52. The lowest BCUT2D eigenvalue weighted by Crippen LogP contribution is -2.35. The Morgan fingerprint density at radius 1 is 1.06 bits per heavy atom. The number of halogens is 2. The zero-order chi connectivity index (χ0) is 23.3. The molecule has 33 heavy (non-hydrogen) atoms. The van der Waals surface area contributed by atoms with Crippen LogP contribution >= 0.6 is 35.0 Å². The number of amides is 1. The summed E-state index contributed by atoms with van der Waals surface area (Å²) in [6.45, 7) is 3.96. The number of nitrogens with one attached hydrogen (secondary N) is 1. The summed E-state index contributed by atoms with van der Waals surface area (Å²) < 4.78 is 2.08. The van der Waals surface area contributed by atoms with Crippen LogP contribution < -0.4 is 0 Å². The van der Waals surface area contributed by atoms with E-state index in [9.17, 15) is 4.79 Å². The van der Waals surface area contributed by atoms with Crippen LogP contribution in [0.4, 0.5) is 0 Å². The Hall–Kier alpha value is -3.13. The second-order valence-corrected chi connectivity index (χ2v) is 9.34. The zero-order valence-corrected chi connectivity index (χ0v) is 20.0. The highest BCUT2D eigenvalue weighted by Crippen LogP contribution is 2.33. The lowest BCUT2D eigenvalue weighted by atomic mass is 10.1. The third-order valence-corrected chi connectivity index (χ3v) is 6.94. The van der Waals surface area contributed by atoms with Crippen molar-refractivity contribution < 1.29 is 4.79 Å². The highest BCUT2D eigenvalue weighted by atomic mass is 35.5. The Kier molecular flexibility index (Phi) is 5.48. The molecule has 2 aliphatic rings. The van der Waals surface area contributed by atoms with E-state index in [4.69, 9.17) is 28.6 Å². The zero-order valence-electron chi connectivity index (χ0n) is 17.6. The van der Waals surface area contributed by atoms with Gasteiger partial charge in [0.2, 0.25) is 5.17 Å². The number of fused-ring (bicyclic) bond motifs is 1. The second-order valence-electron chi connectivity index (χ2n) is 7.54. The second kappa shape index (κ2) is 8.33. The van der Waals surface area contributed by atoms with Crippen molar-refractivity contribution in [1.29, 1.82) is 5.41 Å². The molecule has 9 heteroatoms. The molecule has 2 aliphatic heterocycles. The van der Waals surface area contributed by atoms with Gasteiger partial charge in [0.15, 0.2) is 5.84 Å². The fourth-order valence-electron chi connectivity index (χ4n) is 3.81. The van der Waals surface area contributed by atoms with Gasteiger partial charge in [0, 0.05) is 27.7 Å². The van der Waals surface area contributed by atoms with Gasteiger partial charge in [0.05, 0.1) is 10.6 Å². The number of thioether (sulfide) groups is 1. The third kappa shape index (κ3) is 3.82. The van der Waals surface area contributed by atoms with Crippen molar-refractivity contribution in [3.8, 4) is 5.69 Å². The molecule has 5 rings (SSSR count). The molecule has 2 aromatic carbocycles. The molecule has 3 heterocycles. The van der Waals surface area contributed by atoms with E-state index >= 15 is 0 Å². The fraction of sp³-hybridized carbons (Fsp3) is 0.0833. The number of hydrazone groups is 1. The van der Waals surface area contributed by atoms with E-state index in [1.807, 2.05) is 62.4 Å². The molecule has 0 bridgehead atoms. The summed E-state index contributed by atoms with van der Waals surface area (Å²) in [6.07, 6.45) is 1.70. The van der Waals surface area contributed by atoms with Crippen LogP contribution in [0, 0.1) is 19.3 Å². The van der Waals surface area contributed by atoms with E-state index in [0.29, 0.717) is 20.3 Å². The van der Waals surface area contributed by atoms with Crippen molar-refractivity contribution in [2.45, 2.75) is 13.8 Å². The van der Waals surface area contributed by atoms with E-state index in [2.05, 4.69) is 14.7 Å². The van der Waals surface area contributed by atoms with Crippen LogP contribution in [0.25, 0.3) is 11.8 Å². The summed E-state index contributed by atoms with van der Waals surface area (Å²) in [6, 6.07) is 16.9. The number of nitrogens with zero attached hydrogens (tertiary/aromatic N) is 4. The van der Waals surface area contributed by atoms with Gasteiger partial charge >= 0.3 is 0 Å². The molecule has 0 fully saturated rings. The molecule has 0 spiro atoms. The molecule has 0 radical (unpaired) electrons. The maximum Gasteiger partial charge on any atom is 0.283 e. The first kappa shape index (κ1) is 21.7. The first-order valence-corrected chi connectivity index (χ1v) is 11.6. The molecule has 0 unspecified atom stereocenters. The maximum atomic E-state index is 12.8. The van der Waals surface area contributed by atoms with Crippen LogP contribution in [0.2, 0.25) is 10.0 Å². The molecule has 0 aliphatic carbocycles. The molecule has 1 aromatic heterocycles. The van der Waals surface area contributed by atoms with Gasteiger partial charge < -0.3 is 4.57 Å². The van der Waals surface area contributed by atoms with Gasteiger partial charge in [-0.15, -0.1) is 0 Å².